The third-order valence-electron chi connectivity index (χ3n) is 15.3. The van der Waals surface area contributed by atoms with Gasteiger partial charge in [-0.05, 0) is 116 Å². The molecule has 10 atom stereocenters. The van der Waals surface area contributed by atoms with Gasteiger partial charge in [0.1, 0.15) is 6.10 Å². The molecular formula is C38H60O8. The molecule has 5 saturated carbocycles. The minimum atomic E-state index is -0.975. The Bertz CT molecular complexity index is 1210. The van der Waals surface area contributed by atoms with E-state index in [0.29, 0.717) is 42.1 Å². The molecule has 2 N–H and O–H groups in total. The van der Waals surface area contributed by atoms with E-state index in [0.717, 1.165) is 44.9 Å². The second-order valence-corrected chi connectivity index (χ2v) is 17.8. The van der Waals surface area contributed by atoms with Crippen molar-refractivity contribution in [2.75, 3.05) is 6.61 Å². The molecule has 0 aromatic rings. The molecule has 0 heterocycles. The number of hydrogen-bond donors (Lipinski definition) is 2. The highest BCUT2D eigenvalue weighted by atomic mass is 16.5. The number of carbonyl (C=O) groups excluding carboxylic acids is 2. The van der Waals surface area contributed by atoms with Gasteiger partial charge in [-0.2, -0.15) is 0 Å². The van der Waals surface area contributed by atoms with Crippen LogP contribution in [0.15, 0.2) is 0 Å². The monoisotopic (exact) mass is 644 g/mol. The zero-order valence-corrected chi connectivity index (χ0v) is 29.5. The number of fused-ring (bicyclic) bond motifs is 7. The SMILES string of the molecule is CC(C)[C@@H]1CC[C@]2(COC(=O)CCC(=O)O)CC[C@]3(C)[C@H](CC[C@@H]4[C@@]5(C)CC[C@H](OC(=O)CCC(=O)O)C(C)(C)[C@@H]5CC[C@]43C)[C@@H]12. The summed E-state index contributed by atoms with van der Waals surface area (Å²) in [4.78, 5) is 47.3. The lowest BCUT2D eigenvalue weighted by Gasteiger charge is -2.73. The molecule has 0 spiro atoms. The number of carbonyl (C=O) groups is 4. The lowest BCUT2D eigenvalue weighted by molar-refractivity contribution is -0.253. The van der Waals surface area contributed by atoms with Crippen molar-refractivity contribution in [3.05, 3.63) is 0 Å². The first-order valence-corrected chi connectivity index (χ1v) is 18.2. The fourth-order valence-electron chi connectivity index (χ4n) is 12.9. The van der Waals surface area contributed by atoms with Crippen LogP contribution in [0.5, 0.6) is 0 Å². The molecule has 0 aromatic heterocycles. The Kier molecular flexibility index (Phi) is 9.49. The summed E-state index contributed by atoms with van der Waals surface area (Å²) < 4.78 is 11.9. The number of esters is 2. The van der Waals surface area contributed by atoms with Crippen LogP contribution in [0.25, 0.3) is 0 Å². The van der Waals surface area contributed by atoms with E-state index in [2.05, 4.69) is 48.5 Å². The van der Waals surface area contributed by atoms with Crippen molar-refractivity contribution in [1.29, 1.82) is 0 Å². The number of ether oxygens (including phenoxy) is 2. The Hall–Kier alpha value is -2.12. The Morgan fingerprint density at radius 3 is 1.98 bits per heavy atom. The van der Waals surface area contributed by atoms with Crippen molar-refractivity contribution >= 4 is 23.9 Å². The summed E-state index contributed by atoms with van der Waals surface area (Å²) in [6.45, 7) is 17.4. The first-order valence-electron chi connectivity index (χ1n) is 18.2. The molecular weight excluding hydrogens is 584 g/mol. The van der Waals surface area contributed by atoms with Gasteiger partial charge in [0.05, 0.1) is 32.3 Å². The van der Waals surface area contributed by atoms with Gasteiger partial charge in [0.2, 0.25) is 0 Å². The van der Waals surface area contributed by atoms with Gasteiger partial charge >= 0.3 is 23.9 Å². The van der Waals surface area contributed by atoms with Gasteiger partial charge in [0.25, 0.3) is 0 Å². The Balaban J connectivity index is 1.38. The fraction of sp³-hybridized carbons (Fsp3) is 0.895. The number of hydrogen-bond acceptors (Lipinski definition) is 6. The maximum atomic E-state index is 12.6. The molecule has 260 valence electrons. The van der Waals surface area contributed by atoms with Crippen LogP contribution in [-0.2, 0) is 28.7 Å². The van der Waals surface area contributed by atoms with E-state index in [4.69, 9.17) is 19.7 Å². The molecule has 0 amide bonds. The normalized spacial score (nSPS) is 42.6. The first-order chi connectivity index (χ1) is 21.4. The standard InChI is InChI=1S/C38H60O8/c1-23(2)24-14-19-38(22-45-31(43)12-10-29(39)40)21-20-36(6)25(33(24)38)8-9-27-35(5)17-16-28(46-32(44)13-11-30(41)42)34(3,4)26(35)15-18-37(27,36)7/h23-28,33H,8-22H2,1-7H3,(H,39,40)(H,41,42)/t24-,25+,26-,27+,28-,33+,35-,36+,37+,38+/m0/s1. The molecule has 0 aromatic carbocycles. The molecule has 5 rings (SSSR count). The van der Waals surface area contributed by atoms with E-state index >= 15 is 0 Å². The molecule has 0 bridgehead atoms. The lowest BCUT2D eigenvalue weighted by Crippen LogP contribution is -2.67. The largest absolute Gasteiger partial charge is 0.481 e. The third-order valence-corrected chi connectivity index (χ3v) is 15.3. The van der Waals surface area contributed by atoms with E-state index < -0.39 is 17.9 Å². The van der Waals surface area contributed by atoms with Crippen molar-refractivity contribution in [3.63, 3.8) is 0 Å². The summed E-state index contributed by atoms with van der Waals surface area (Å²) in [7, 11) is 0. The quantitative estimate of drug-likeness (QED) is 0.230. The third kappa shape index (κ3) is 5.69. The van der Waals surface area contributed by atoms with E-state index in [9.17, 15) is 19.2 Å². The molecule has 5 aliphatic rings. The summed E-state index contributed by atoms with van der Waals surface area (Å²) in [6, 6.07) is 0. The molecule has 0 aliphatic heterocycles. The molecule has 5 fully saturated rings. The van der Waals surface area contributed by atoms with Gasteiger partial charge in [0, 0.05) is 10.8 Å². The van der Waals surface area contributed by atoms with Crippen LogP contribution in [0.4, 0.5) is 0 Å². The van der Waals surface area contributed by atoms with Crippen LogP contribution in [-0.4, -0.2) is 46.8 Å². The van der Waals surface area contributed by atoms with Crippen LogP contribution >= 0.6 is 0 Å². The van der Waals surface area contributed by atoms with E-state index in [-0.39, 0.29) is 64.8 Å². The lowest BCUT2D eigenvalue weighted by atomic mass is 9.32. The summed E-state index contributed by atoms with van der Waals surface area (Å²) in [6.07, 6.45) is 10.2. The highest BCUT2D eigenvalue weighted by Gasteiger charge is 2.71. The first kappa shape index (κ1) is 35.2. The minimum Gasteiger partial charge on any atom is -0.481 e. The van der Waals surface area contributed by atoms with Gasteiger partial charge in [-0.3, -0.25) is 19.2 Å². The average Bonchev–Trinajstić information content (AvgIpc) is 3.36. The predicted molar refractivity (Wildman–Crippen MR) is 174 cm³/mol. The van der Waals surface area contributed by atoms with Gasteiger partial charge in [-0.1, -0.05) is 48.5 Å². The zero-order chi connectivity index (χ0) is 33.9. The van der Waals surface area contributed by atoms with Crippen molar-refractivity contribution in [3.8, 4) is 0 Å². The maximum Gasteiger partial charge on any atom is 0.306 e. The molecule has 0 unspecified atom stereocenters. The molecule has 5 aliphatic carbocycles. The van der Waals surface area contributed by atoms with E-state index in [1.165, 1.54) is 19.3 Å². The Labute approximate surface area is 276 Å². The van der Waals surface area contributed by atoms with Crippen LogP contribution < -0.4 is 0 Å². The van der Waals surface area contributed by atoms with Crippen LogP contribution in [0.3, 0.4) is 0 Å². The van der Waals surface area contributed by atoms with Crippen LogP contribution in [0, 0.1) is 62.6 Å². The van der Waals surface area contributed by atoms with Crippen LogP contribution in [0.1, 0.15) is 138 Å². The smallest absolute Gasteiger partial charge is 0.306 e. The fourth-order valence-corrected chi connectivity index (χ4v) is 12.9. The molecule has 46 heavy (non-hydrogen) atoms. The average molecular weight is 645 g/mol. The predicted octanol–water partition coefficient (Wildman–Crippen LogP) is 7.91. The van der Waals surface area contributed by atoms with Gasteiger partial charge in [-0.25, -0.2) is 0 Å². The second-order valence-electron chi connectivity index (χ2n) is 17.8. The number of carboxylic acid groups (broad SMARTS) is 2. The number of aliphatic carboxylic acids is 2. The highest BCUT2D eigenvalue weighted by Crippen LogP contribution is 2.77. The highest BCUT2D eigenvalue weighted by molar-refractivity contribution is 5.77. The molecule has 0 radical (unpaired) electrons. The Morgan fingerprint density at radius 1 is 0.696 bits per heavy atom. The van der Waals surface area contributed by atoms with Crippen LogP contribution in [0.2, 0.25) is 0 Å². The second kappa shape index (κ2) is 12.4. The topological polar surface area (TPSA) is 127 Å². The summed E-state index contributed by atoms with van der Waals surface area (Å²) in [5.74, 6) is 0.493. The maximum absolute atomic E-state index is 12.6. The number of rotatable bonds is 10. The van der Waals surface area contributed by atoms with Crippen molar-refractivity contribution in [2.24, 2.45) is 62.6 Å². The van der Waals surface area contributed by atoms with Crippen molar-refractivity contribution in [2.45, 2.75) is 144 Å². The summed E-state index contributed by atoms with van der Waals surface area (Å²) in [5.41, 5.74) is 0.276. The minimum absolute atomic E-state index is 0.0210. The summed E-state index contributed by atoms with van der Waals surface area (Å²) in [5, 5.41) is 18.1. The van der Waals surface area contributed by atoms with Gasteiger partial charge in [-0.15, -0.1) is 0 Å². The van der Waals surface area contributed by atoms with Gasteiger partial charge < -0.3 is 19.7 Å². The summed E-state index contributed by atoms with van der Waals surface area (Å²) >= 11 is 0. The zero-order valence-electron chi connectivity index (χ0n) is 29.5. The van der Waals surface area contributed by atoms with Crippen molar-refractivity contribution < 1.29 is 38.9 Å². The van der Waals surface area contributed by atoms with E-state index in [1.54, 1.807) is 0 Å². The van der Waals surface area contributed by atoms with E-state index in [1.807, 2.05) is 0 Å². The molecule has 8 heteroatoms. The van der Waals surface area contributed by atoms with Crippen molar-refractivity contribution in [1.82, 2.24) is 0 Å². The number of carboxylic acids is 2. The van der Waals surface area contributed by atoms with Gasteiger partial charge in [0.15, 0.2) is 0 Å². The molecule has 8 nitrogen and oxygen atoms in total. The molecule has 0 saturated heterocycles. The Morgan fingerprint density at radius 2 is 1.35 bits per heavy atom.